The van der Waals surface area contributed by atoms with Crippen LogP contribution in [0, 0.1) is 17.8 Å². The van der Waals surface area contributed by atoms with Crippen molar-refractivity contribution in [2.24, 2.45) is 17.8 Å². The molecule has 186 valence electrons. The summed E-state index contributed by atoms with van der Waals surface area (Å²) in [5, 5.41) is 2.64. The number of nitrogens with zero attached hydrogens (tertiary/aromatic N) is 1. The Balaban J connectivity index is 2.61. The summed E-state index contributed by atoms with van der Waals surface area (Å²) in [5.41, 5.74) is -4.35. The number of carbonyl (C=O) groups is 4. The molecule has 0 aromatic carbocycles. The van der Waals surface area contributed by atoms with Crippen molar-refractivity contribution in [2.75, 3.05) is 14.1 Å². The molecule has 33 heavy (non-hydrogen) atoms. The molecule has 0 bridgehead atoms. The predicted octanol–water partition coefficient (Wildman–Crippen LogP) is 2.82. The van der Waals surface area contributed by atoms with E-state index < -0.39 is 63.9 Å². The molecule has 9 nitrogen and oxygen atoms in total. The van der Waals surface area contributed by atoms with Crippen LogP contribution < -0.4 is 5.32 Å². The molecule has 2 fully saturated rings. The monoisotopic (exact) mass is 466 g/mol. The molecule has 0 heterocycles. The van der Waals surface area contributed by atoms with Gasteiger partial charge in [0.05, 0.1) is 5.92 Å². The third-order valence-electron chi connectivity index (χ3n) is 5.00. The van der Waals surface area contributed by atoms with Gasteiger partial charge in [0.2, 0.25) is 0 Å². The van der Waals surface area contributed by atoms with Crippen molar-refractivity contribution >= 4 is 23.8 Å². The third kappa shape index (κ3) is 5.86. The lowest BCUT2D eigenvalue weighted by molar-refractivity contribution is -0.164. The second-order valence-corrected chi connectivity index (χ2v) is 11.9. The summed E-state index contributed by atoms with van der Waals surface area (Å²) >= 11 is 0. The molecule has 2 aliphatic carbocycles. The Morgan fingerprint density at radius 1 is 0.879 bits per heavy atom. The maximum absolute atomic E-state index is 13.7. The van der Waals surface area contributed by atoms with Gasteiger partial charge < -0.3 is 24.4 Å². The zero-order valence-corrected chi connectivity index (χ0v) is 21.6. The van der Waals surface area contributed by atoms with Gasteiger partial charge in [-0.25, -0.2) is 9.59 Å². The summed E-state index contributed by atoms with van der Waals surface area (Å²) in [4.78, 5) is 54.5. The molecule has 0 saturated heterocycles. The molecule has 0 spiro atoms. The summed E-state index contributed by atoms with van der Waals surface area (Å²) in [6.07, 6.45) is 0.600. The minimum absolute atomic E-state index is 0.0578. The van der Waals surface area contributed by atoms with Crippen molar-refractivity contribution in [1.82, 2.24) is 10.2 Å². The van der Waals surface area contributed by atoms with Gasteiger partial charge in [0.1, 0.15) is 16.8 Å². The topological polar surface area (TPSA) is 111 Å². The highest BCUT2D eigenvalue weighted by Crippen LogP contribution is 2.63. The number of rotatable bonds is 4. The van der Waals surface area contributed by atoms with E-state index in [4.69, 9.17) is 14.2 Å². The molecule has 0 aromatic rings. The van der Waals surface area contributed by atoms with E-state index in [0.29, 0.717) is 0 Å². The van der Waals surface area contributed by atoms with Crippen LogP contribution in [0.3, 0.4) is 0 Å². The first-order valence-electron chi connectivity index (χ1n) is 11.1. The Morgan fingerprint density at radius 2 is 1.36 bits per heavy atom. The maximum atomic E-state index is 13.7. The first kappa shape index (κ1) is 26.7. The van der Waals surface area contributed by atoms with Crippen LogP contribution in [0.5, 0.6) is 0 Å². The number of carbonyl (C=O) groups excluding carboxylic acids is 4. The molecule has 1 amide bonds. The van der Waals surface area contributed by atoms with Crippen LogP contribution in [0.15, 0.2) is 11.8 Å². The van der Waals surface area contributed by atoms with Gasteiger partial charge in [0, 0.05) is 37.7 Å². The number of hydrogen-bond donors (Lipinski definition) is 1. The highest BCUT2D eigenvalue weighted by molar-refractivity contribution is 6.16. The number of ketones is 1. The first-order chi connectivity index (χ1) is 14.7. The van der Waals surface area contributed by atoms with Crippen LogP contribution in [-0.4, -0.2) is 65.2 Å². The fourth-order valence-electron chi connectivity index (χ4n) is 4.09. The Bertz CT molecular complexity index is 871. The number of esters is 2. The molecular formula is C24H38N2O7. The van der Waals surface area contributed by atoms with Crippen LogP contribution in [-0.2, 0) is 28.6 Å². The first-order valence-corrected chi connectivity index (χ1v) is 11.1. The largest absolute Gasteiger partial charge is 0.460 e. The summed E-state index contributed by atoms with van der Waals surface area (Å²) in [6, 6.07) is 0. The fraction of sp³-hybridized carbons (Fsp3) is 0.750. The average Bonchev–Trinajstić information content (AvgIpc) is 3.23. The highest BCUT2D eigenvalue weighted by atomic mass is 16.6. The number of amides is 1. The van der Waals surface area contributed by atoms with Gasteiger partial charge in [-0.1, -0.05) is 0 Å². The average molecular weight is 467 g/mol. The lowest BCUT2D eigenvalue weighted by Crippen LogP contribution is -2.60. The van der Waals surface area contributed by atoms with E-state index in [2.05, 4.69) is 5.32 Å². The SMILES string of the molecule is CN(C)C=C1C(=O)C2C(C(=O)OC(C)(C)C)C2C1(NC(=O)OC(C)(C)C)C(=O)OC(C)(C)C. The maximum Gasteiger partial charge on any atom is 0.408 e. The van der Waals surface area contributed by atoms with Crippen LogP contribution in [0.1, 0.15) is 62.3 Å². The normalized spacial score (nSPS) is 28.2. The van der Waals surface area contributed by atoms with Gasteiger partial charge in [-0.2, -0.15) is 0 Å². The van der Waals surface area contributed by atoms with Gasteiger partial charge in [-0.05, 0) is 62.3 Å². The fourth-order valence-corrected chi connectivity index (χ4v) is 4.09. The smallest absolute Gasteiger partial charge is 0.408 e. The molecule has 1 N–H and O–H groups in total. The van der Waals surface area contributed by atoms with Crippen molar-refractivity contribution in [2.45, 2.75) is 84.7 Å². The van der Waals surface area contributed by atoms with Gasteiger partial charge in [0.25, 0.3) is 0 Å². The zero-order valence-electron chi connectivity index (χ0n) is 21.6. The molecule has 9 heteroatoms. The van der Waals surface area contributed by atoms with Gasteiger partial charge in [-0.3, -0.25) is 9.59 Å². The quantitative estimate of drug-likeness (QED) is 0.382. The Labute approximate surface area is 196 Å². The minimum Gasteiger partial charge on any atom is -0.460 e. The highest BCUT2D eigenvalue weighted by Gasteiger charge is 2.79. The molecule has 0 aromatic heterocycles. The van der Waals surface area contributed by atoms with E-state index in [1.165, 1.54) is 6.20 Å². The molecule has 0 radical (unpaired) electrons. The molecule has 4 atom stereocenters. The lowest BCUT2D eigenvalue weighted by Gasteiger charge is -2.36. The number of Topliss-reactive ketones (excluding diaryl/α,β-unsaturated/α-hetero) is 1. The van der Waals surface area contributed by atoms with E-state index in [1.54, 1.807) is 81.3 Å². The van der Waals surface area contributed by atoms with Crippen molar-refractivity contribution in [3.8, 4) is 0 Å². The summed E-state index contributed by atoms with van der Waals surface area (Å²) < 4.78 is 16.6. The standard InChI is InChI=1S/C24H38N2O7/c1-21(2,3)31-18(28)15-14-16(15)24(19(29)32-22(4,5)6,13(17(14)27)12-26(10)11)25-20(30)33-23(7,8)9/h12,14-16H,1-11H3,(H,25,30). The van der Waals surface area contributed by atoms with Crippen molar-refractivity contribution < 1.29 is 33.4 Å². The Kier molecular flexibility index (Phi) is 6.73. The molecule has 0 aliphatic heterocycles. The van der Waals surface area contributed by atoms with Crippen molar-refractivity contribution in [3.63, 3.8) is 0 Å². The van der Waals surface area contributed by atoms with E-state index in [-0.39, 0.29) is 5.57 Å². The van der Waals surface area contributed by atoms with Crippen molar-refractivity contribution in [3.05, 3.63) is 11.8 Å². The van der Waals surface area contributed by atoms with E-state index >= 15 is 0 Å². The summed E-state index contributed by atoms with van der Waals surface area (Å²) in [6.45, 7) is 15.3. The van der Waals surface area contributed by atoms with Crippen molar-refractivity contribution in [1.29, 1.82) is 0 Å². The van der Waals surface area contributed by atoms with Crippen LogP contribution in [0.2, 0.25) is 0 Å². The van der Waals surface area contributed by atoms with E-state index in [1.807, 2.05) is 0 Å². The number of ether oxygens (including phenoxy) is 3. The minimum atomic E-state index is -1.89. The molecular weight excluding hydrogens is 428 g/mol. The molecule has 2 rings (SSSR count). The number of nitrogens with one attached hydrogen (secondary N) is 1. The molecule has 2 aliphatic rings. The van der Waals surface area contributed by atoms with Gasteiger partial charge >= 0.3 is 18.0 Å². The van der Waals surface area contributed by atoms with Gasteiger partial charge in [0.15, 0.2) is 11.3 Å². The van der Waals surface area contributed by atoms with Crippen LogP contribution in [0.25, 0.3) is 0 Å². The third-order valence-corrected chi connectivity index (χ3v) is 5.00. The number of hydrogen-bond acceptors (Lipinski definition) is 8. The van der Waals surface area contributed by atoms with Crippen LogP contribution >= 0.6 is 0 Å². The number of alkyl carbamates (subject to hydrolysis) is 1. The lowest BCUT2D eigenvalue weighted by atomic mass is 9.85. The Hall–Kier alpha value is -2.58. The zero-order chi connectivity index (χ0) is 25.7. The predicted molar refractivity (Wildman–Crippen MR) is 121 cm³/mol. The summed E-state index contributed by atoms with van der Waals surface area (Å²) in [7, 11) is 3.39. The molecule has 4 unspecified atom stereocenters. The second-order valence-electron chi connectivity index (χ2n) is 11.9. The number of fused-ring (bicyclic) bond motifs is 1. The van der Waals surface area contributed by atoms with Crippen LogP contribution in [0.4, 0.5) is 4.79 Å². The van der Waals surface area contributed by atoms with E-state index in [9.17, 15) is 19.2 Å². The summed E-state index contributed by atoms with van der Waals surface area (Å²) in [5.74, 6) is -4.32. The Morgan fingerprint density at radius 3 is 1.79 bits per heavy atom. The van der Waals surface area contributed by atoms with Gasteiger partial charge in [-0.15, -0.1) is 0 Å². The molecule has 2 saturated carbocycles. The second kappa shape index (κ2) is 8.33. The van der Waals surface area contributed by atoms with E-state index in [0.717, 1.165) is 0 Å².